The minimum absolute atomic E-state index is 0.0138. The van der Waals surface area contributed by atoms with E-state index < -0.39 is 10.8 Å². The maximum Gasteiger partial charge on any atom is 0.264 e. The number of amides is 1. The molecule has 1 heterocycles. The molecule has 3 saturated carbocycles. The van der Waals surface area contributed by atoms with Gasteiger partial charge in [-0.05, 0) is 91.8 Å². The van der Waals surface area contributed by atoms with Crippen molar-refractivity contribution in [3.05, 3.63) is 23.3 Å². The first-order chi connectivity index (χ1) is 16.7. The molecule has 0 radical (unpaired) electrons. The number of nitrogens with zero attached hydrogens (tertiary/aromatic N) is 2. The minimum Gasteiger partial charge on any atom is -0.336 e. The number of ketones is 2. The van der Waals surface area contributed by atoms with Gasteiger partial charge in [0.1, 0.15) is 17.4 Å². The number of rotatable bonds is 1. The average Bonchev–Trinajstić information content (AvgIpc) is 2.81. The van der Waals surface area contributed by atoms with Crippen molar-refractivity contribution in [1.29, 1.82) is 5.26 Å². The second-order valence-electron chi connectivity index (χ2n) is 13.5. The number of nitriles is 1. The van der Waals surface area contributed by atoms with Gasteiger partial charge >= 0.3 is 0 Å². The maximum atomic E-state index is 14.3. The number of likely N-dealkylation sites (N-methyl/N-ethyl adjacent to an activating group) is 1. The normalized spacial score (nSPS) is 45.0. The van der Waals surface area contributed by atoms with E-state index in [2.05, 4.69) is 33.6 Å². The largest absolute Gasteiger partial charge is 0.336 e. The van der Waals surface area contributed by atoms with Gasteiger partial charge in [0, 0.05) is 18.4 Å². The number of hydrogen-bond donors (Lipinski definition) is 0. The highest BCUT2D eigenvalue weighted by molar-refractivity contribution is 6.00. The minimum atomic E-state index is -0.981. The summed E-state index contributed by atoms with van der Waals surface area (Å²) < 4.78 is 0. The molecule has 0 spiro atoms. The summed E-state index contributed by atoms with van der Waals surface area (Å²) >= 11 is 0. The van der Waals surface area contributed by atoms with Gasteiger partial charge in [0.15, 0.2) is 5.78 Å². The molecule has 1 amide bonds. The first kappa shape index (κ1) is 25.0. The molecular formula is C31H38N2O3. The van der Waals surface area contributed by atoms with E-state index in [4.69, 9.17) is 6.42 Å². The average molecular weight is 487 g/mol. The van der Waals surface area contributed by atoms with Crippen molar-refractivity contribution in [3.63, 3.8) is 0 Å². The van der Waals surface area contributed by atoms with Crippen LogP contribution in [0, 0.1) is 62.6 Å². The van der Waals surface area contributed by atoms with Gasteiger partial charge in [0.2, 0.25) is 0 Å². The third-order valence-electron chi connectivity index (χ3n) is 11.7. The van der Waals surface area contributed by atoms with Gasteiger partial charge in [-0.1, -0.05) is 33.6 Å². The Hall–Kier alpha value is -2.66. The van der Waals surface area contributed by atoms with E-state index in [1.807, 2.05) is 6.07 Å². The van der Waals surface area contributed by atoms with Crippen molar-refractivity contribution < 1.29 is 14.4 Å². The van der Waals surface area contributed by atoms with E-state index in [1.54, 1.807) is 31.0 Å². The lowest BCUT2D eigenvalue weighted by molar-refractivity contribution is -0.174. The second kappa shape index (κ2) is 7.44. The summed E-state index contributed by atoms with van der Waals surface area (Å²) in [4.78, 5) is 41.9. The summed E-state index contributed by atoms with van der Waals surface area (Å²) in [6.45, 7) is 10.8. The SMILES string of the molecule is C#C[C@]12C=C(C#N)C(=O)N(C)[C@@H]1CC[C@]1(C)C2=CC(=O)[C@@H]2[C@@H]3CC(C)(C)CC[C@]3(C(C)=O)CC[C@]21C. The number of fused-ring (bicyclic) bond motifs is 7. The van der Waals surface area contributed by atoms with E-state index in [1.165, 1.54) is 0 Å². The summed E-state index contributed by atoms with van der Waals surface area (Å²) in [6.07, 6.45) is 15.6. The van der Waals surface area contributed by atoms with Gasteiger partial charge in [0.05, 0.1) is 11.5 Å². The van der Waals surface area contributed by atoms with E-state index in [-0.39, 0.29) is 57.2 Å². The summed E-state index contributed by atoms with van der Waals surface area (Å²) in [5.41, 5.74) is -1.13. The number of Topliss-reactive ketones (excluding diaryl/α,β-unsaturated/α-hetero) is 1. The molecule has 0 bridgehead atoms. The Bertz CT molecular complexity index is 1230. The van der Waals surface area contributed by atoms with Crippen molar-refractivity contribution in [2.45, 2.75) is 85.6 Å². The number of allylic oxidation sites excluding steroid dienone is 1. The van der Waals surface area contributed by atoms with Gasteiger partial charge in [-0.3, -0.25) is 14.4 Å². The Morgan fingerprint density at radius 2 is 1.78 bits per heavy atom. The lowest BCUT2D eigenvalue weighted by Gasteiger charge is -2.68. The molecule has 0 unspecified atom stereocenters. The molecule has 0 aromatic heterocycles. The Kier molecular flexibility index (Phi) is 5.17. The zero-order valence-electron chi connectivity index (χ0n) is 22.5. The molecule has 36 heavy (non-hydrogen) atoms. The summed E-state index contributed by atoms with van der Waals surface area (Å²) in [5.74, 6) is 2.76. The molecule has 5 nitrogen and oxygen atoms in total. The van der Waals surface area contributed by atoms with Crippen LogP contribution in [0.3, 0.4) is 0 Å². The topological polar surface area (TPSA) is 78.2 Å². The molecule has 7 atom stereocenters. The third kappa shape index (κ3) is 2.81. The van der Waals surface area contributed by atoms with E-state index >= 15 is 0 Å². The monoisotopic (exact) mass is 486 g/mol. The molecule has 0 aromatic carbocycles. The van der Waals surface area contributed by atoms with Crippen LogP contribution in [0.15, 0.2) is 23.3 Å². The van der Waals surface area contributed by atoms with Crippen molar-refractivity contribution in [2.24, 2.45) is 38.9 Å². The van der Waals surface area contributed by atoms with E-state index in [9.17, 15) is 19.6 Å². The van der Waals surface area contributed by atoms with E-state index in [0.29, 0.717) is 6.42 Å². The van der Waals surface area contributed by atoms with Crippen LogP contribution >= 0.6 is 0 Å². The second-order valence-corrected chi connectivity index (χ2v) is 13.5. The molecule has 0 N–H and O–H groups in total. The Balaban J connectivity index is 1.73. The van der Waals surface area contributed by atoms with Crippen LogP contribution in [0.2, 0.25) is 0 Å². The summed E-state index contributed by atoms with van der Waals surface area (Å²) in [5, 5.41) is 9.74. The highest BCUT2D eigenvalue weighted by Crippen LogP contribution is 2.72. The molecule has 0 aromatic rings. The van der Waals surface area contributed by atoms with Crippen LogP contribution in [0.1, 0.15) is 79.6 Å². The van der Waals surface area contributed by atoms with Crippen LogP contribution in [0.4, 0.5) is 0 Å². The first-order valence-corrected chi connectivity index (χ1v) is 13.4. The van der Waals surface area contributed by atoms with Gasteiger partial charge in [-0.25, -0.2) is 0 Å². The maximum absolute atomic E-state index is 14.3. The highest BCUT2D eigenvalue weighted by atomic mass is 16.2. The lowest BCUT2D eigenvalue weighted by atomic mass is 9.35. The number of hydrogen-bond acceptors (Lipinski definition) is 4. The molecule has 190 valence electrons. The number of carbonyl (C=O) groups is 3. The van der Waals surface area contributed by atoms with Gasteiger partial charge < -0.3 is 4.90 Å². The molecular weight excluding hydrogens is 448 g/mol. The molecule has 5 rings (SSSR count). The van der Waals surface area contributed by atoms with Crippen molar-refractivity contribution in [2.75, 3.05) is 7.05 Å². The zero-order valence-corrected chi connectivity index (χ0v) is 22.5. The predicted octanol–water partition coefficient (Wildman–Crippen LogP) is 5.02. The first-order valence-electron chi connectivity index (χ1n) is 13.4. The Morgan fingerprint density at radius 1 is 1.11 bits per heavy atom. The number of carbonyl (C=O) groups excluding carboxylic acids is 3. The zero-order chi connectivity index (χ0) is 26.5. The smallest absolute Gasteiger partial charge is 0.264 e. The quantitative estimate of drug-likeness (QED) is 0.487. The van der Waals surface area contributed by atoms with Gasteiger partial charge in [0.25, 0.3) is 5.91 Å². The fourth-order valence-corrected chi connectivity index (χ4v) is 9.33. The highest BCUT2D eigenvalue weighted by Gasteiger charge is 2.70. The van der Waals surface area contributed by atoms with Crippen LogP contribution in [0.5, 0.6) is 0 Å². The van der Waals surface area contributed by atoms with Gasteiger partial charge in [-0.15, -0.1) is 6.42 Å². The Morgan fingerprint density at radius 3 is 2.39 bits per heavy atom. The molecule has 3 fully saturated rings. The van der Waals surface area contributed by atoms with Gasteiger partial charge in [-0.2, -0.15) is 5.26 Å². The third-order valence-corrected chi connectivity index (χ3v) is 11.7. The van der Waals surface area contributed by atoms with Crippen LogP contribution in [0.25, 0.3) is 0 Å². The molecule has 5 aliphatic rings. The summed E-state index contributed by atoms with van der Waals surface area (Å²) in [7, 11) is 1.72. The molecule has 1 aliphatic heterocycles. The fraction of sp³-hybridized carbons (Fsp3) is 0.677. The molecule has 4 aliphatic carbocycles. The van der Waals surface area contributed by atoms with Crippen LogP contribution in [-0.2, 0) is 14.4 Å². The van der Waals surface area contributed by atoms with Crippen molar-refractivity contribution in [1.82, 2.24) is 4.90 Å². The summed E-state index contributed by atoms with van der Waals surface area (Å²) in [6, 6.07) is 1.77. The lowest BCUT2D eigenvalue weighted by Crippen LogP contribution is -2.66. The molecule has 5 heteroatoms. The van der Waals surface area contributed by atoms with Crippen LogP contribution in [-0.4, -0.2) is 35.5 Å². The van der Waals surface area contributed by atoms with E-state index in [0.717, 1.165) is 44.1 Å². The standard InChI is InChI=1S/C31H38N2O3/c1-8-30-16-20(18-32)26(36)33(7)24(30)9-10-28(5)23(30)15-22(35)25-21-17-27(3,4)11-13-31(21,19(2)34)14-12-29(25,28)6/h1,15-16,21,24-25H,9-14,17H2,2-7H3/t21-,24+,25-,28+,29+,30+,31+/m0/s1. The van der Waals surface area contributed by atoms with Crippen molar-refractivity contribution in [3.8, 4) is 18.4 Å². The van der Waals surface area contributed by atoms with Crippen molar-refractivity contribution >= 4 is 17.5 Å². The molecule has 0 saturated heterocycles. The predicted molar refractivity (Wildman–Crippen MR) is 137 cm³/mol. The van der Waals surface area contributed by atoms with Crippen LogP contribution < -0.4 is 0 Å². The Labute approximate surface area is 215 Å². The fourth-order valence-electron chi connectivity index (χ4n) is 9.33. The number of terminal acetylenes is 1.